The summed E-state index contributed by atoms with van der Waals surface area (Å²) >= 11 is 6.07. The Labute approximate surface area is 183 Å². The van der Waals surface area contributed by atoms with Gasteiger partial charge in [0.2, 0.25) is 0 Å². The molecule has 0 aromatic heterocycles. The number of aliphatic imine (C=N–C) groups is 1. The number of urea groups is 1. The van der Waals surface area contributed by atoms with Gasteiger partial charge in [-0.05, 0) is 37.5 Å². The predicted molar refractivity (Wildman–Crippen MR) is 120 cm³/mol. The van der Waals surface area contributed by atoms with E-state index in [1.54, 1.807) is 12.0 Å². The molecule has 1 fully saturated rings. The predicted octanol–water partition coefficient (Wildman–Crippen LogP) is 2.74. The summed E-state index contributed by atoms with van der Waals surface area (Å²) in [6.45, 7) is 4.59. The standard InChI is InChI=1S/C18H28ClN5O2.HI/c1-3-21-18(23-15-7-9-24(10-8-15)17(20)25)22-12-16(26-2)13-5-4-6-14(19)11-13;/h4-6,11,15-16H,3,7-10,12H2,1-2H3,(H2,20,25)(H2,21,22,23);1H. The molecule has 1 heterocycles. The fraction of sp³-hybridized carbons (Fsp3) is 0.556. The summed E-state index contributed by atoms with van der Waals surface area (Å²) in [6, 6.07) is 7.53. The van der Waals surface area contributed by atoms with Crippen LogP contribution in [0.15, 0.2) is 29.3 Å². The molecule has 7 nitrogen and oxygen atoms in total. The summed E-state index contributed by atoms with van der Waals surface area (Å²) in [6.07, 6.45) is 1.52. The SMILES string of the molecule is CCNC(=NCC(OC)c1cccc(Cl)c1)NC1CCN(C(N)=O)CC1.I. The Kier molecular flexibility index (Phi) is 10.8. The number of piperidine rings is 1. The number of nitrogens with zero attached hydrogens (tertiary/aromatic N) is 2. The average Bonchev–Trinajstić information content (AvgIpc) is 2.63. The summed E-state index contributed by atoms with van der Waals surface area (Å²) in [7, 11) is 1.67. The van der Waals surface area contributed by atoms with E-state index in [1.807, 2.05) is 31.2 Å². The zero-order valence-corrected chi connectivity index (χ0v) is 18.9. The molecule has 0 aliphatic carbocycles. The number of hydrogen-bond acceptors (Lipinski definition) is 3. The van der Waals surface area contributed by atoms with E-state index in [4.69, 9.17) is 22.1 Å². The average molecular weight is 510 g/mol. The maximum absolute atomic E-state index is 11.2. The smallest absolute Gasteiger partial charge is 0.314 e. The second kappa shape index (κ2) is 12.2. The minimum absolute atomic E-state index is 0. The number of nitrogens with one attached hydrogen (secondary N) is 2. The van der Waals surface area contributed by atoms with Crippen LogP contribution in [0.2, 0.25) is 5.02 Å². The fourth-order valence-corrected chi connectivity index (χ4v) is 3.15. The molecule has 0 saturated carbocycles. The normalized spacial score (nSPS) is 16.4. The maximum Gasteiger partial charge on any atom is 0.314 e. The summed E-state index contributed by atoms with van der Waals surface area (Å²) in [5.74, 6) is 0.745. The van der Waals surface area contributed by atoms with Gasteiger partial charge >= 0.3 is 6.03 Å². The van der Waals surface area contributed by atoms with Crippen molar-refractivity contribution in [2.75, 3.05) is 33.3 Å². The largest absolute Gasteiger partial charge is 0.375 e. The monoisotopic (exact) mass is 509 g/mol. The highest BCUT2D eigenvalue weighted by Gasteiger charge is 2.22. The van der Waals surface area contributed by atoms with E-state index in [0.29, 0.717) is 24.7 Å². The van der Waals surface area contributed by atoms with Gasteiger partial charge in [-0.15, -0.1) is 24.0 Å². The zero-order chi connectivity index (χ0) is 18.9. The van der Waals surface area contributed by atoms with Crippen molar-refractivity contribution >= 4 is 47.6 Å². The molecule has 1 saturated heterocycles. The van der Waals surface area contributed by atoms with Crippen molar-refractivity contribution in [1.82, 2.24) is 15.5 Å². The first kappa shape index (κ1) is 23.8. The van der Waals surface area contributed by atoms with Crippen LogP contribution in [0.1, 0.15) is 31.4 Å². The Bertz CT molecular complexity index is 624. The Hall–Kier alpha value is -1.26. The third-order valence-electron chi connectivity index (χ3n) is 4.41. The minimum atomic E-state index is -0.353. The number of carbonyl (C=O) groups excluding carboxylic acids is 1. The van der Waals surface area contributed by atoms with Gasteiger partial charge in [0.1, 0.15) is 6.10 Å². The van der Waals surface area contributed by atoms with Crippen LogP contribution in [0.5, 0.6) is 0 Å². The van der Waals surface area contributed by atoms with E-state index in [1.165, 1.54) is 0 Å². The van der Waals surface area contributed by atoms with Crippen LogP contribution >= 0.6 is 35.6 Å². The molecule has 1 aromatic carbocycles. The van der Waals surface area contributed by atoms with Crippen molar-refractivity contribution in [1.29, 1.82) is 0 Å². The van der Waals surface area contributed by atoms with E-state index < -0.39 is 0 Å². The Morgan fingerprint density at radius 1 is 1.44 bits per heavy atom. The number of ether oxygens (including phenoxy) is 1. The van der Waals surface area contributed by atoms with E-state index in [9.17, 15) is 4.79 Å². The Balaban J connectivity index is 0.00000364. The van der Waals surface area contributed by atoms with E-state index in [-0.39, 0.29) is 42.2 Å². The summed E-state index contributed by atoms with van der Waals surface area (Å²) in [5, 5.41) is 7.38. The number of methoxy groups -OCH3 is 1. The topological polar surface area (TPSA) is 92.0 Å². The number of primary amides is 1. The molecule has 1 atom stereocenters. The van der Waals surface area contributed by atoms with Crippen molar-refractivity contribution < 1.29 is 9.53 Å². The van der Waals surface area contributed by atoms with Gasteiger partial charge in [0, 0.05) is 37.8 Å². The van der Waals surface area contributed by atoms with Crippen molar-refractivity contribution in [3.63, 3.8) is 0 Å². The highest BCUT2D eigenvalue weighted by Crippen LogP contribution is 2.20. The quantitative estimate of drug-likeness (QED) is 0.312. The van der Waals surface area contributed by atoms with Gasteiger partial charge in [-0.2, -0.15) is 0 Å². The van der Waals surface area contributed by atoms with E-state index >= 15 is 0 Å². The lowest BCUT2D eigenvalue weighted by Gasteiger charge is -2.32. The van der Waals surface area contributed by atoms with Crippen LogP contribution < -0.4 is 16.4 Å². The van der Waals surface area contributed by atoms with E-state index in [0.717, 1.165) is 30.9 Å². The second-order valence-electron chi connectivity index (χ2n) is 6.24. The number of rotatable bonds is 6. The zero-order valence-electron chi connectivity index (χ0n) is 15.8. The first-order valence-electron chi connectivity index (χ1n) is 8.91. The van der Waals surface area contributed by atoms with Gasteiger partial charge in [-0.1, -0.05) is 23.7 Å². The number of guanidine groups is 1. The van der Waals surface area contributed by atoms with Gasteiger partial charge < -0.3 is 26.0 Å². The van der Waals surface area contributed by atoms with Gasteiger partial charge in [0.25, 0.3) is 0 Å². The number of hydrogen-bond donors (Lipinski definition) is 3. The number of halogens is 2. The molecule has 1 unspecified atom stereocenters. The molecule has 2 rings (SSSR count). The molecule has 1 aromatic rings. The summed E-state index contributed by atoms with van der Waals surface area (Å²) < 4.78 is 5.57. The second-order valence-corrected chi connectivity index (χ2v) is 6.68. The van der Waals surface area contributed by atoms with Gasteiger partial charge in [0.05, 0.1) is 6.54 Å². The maximum atomic E-state index is 11.2. The molecule has 0 spiro atoms. The molecule has 27 heavy (non-hydrogen) atoms. The lowest BCUT2D eigenvalue weighted by atomic mass is 10.1. The Morgan fingerprint density at radius 3 is 2.70 bits per heavy atom. The van der Waals surface area contributed by atoms with Gasteiger partial charge in [0.15, 0.2) is 5.96 Å². The summed E-state index contributed by atoms with van der Waals surface area (Å²) in [4.78, 5) is 17.6. The molecule has 1 aliphatic rings. The molecule has 152 valence electrons. The molecular weight excluding hydrogens is 481 g/mol. The number of benzene rings is 1. The molecule has 0 bridgehead atoms. The molecule has 0 radical (unpaired) electrons. The van der Waals surface area contributed by atoms with Crippen LogP contribution in [0.3, 0.4) is 0 Å². The number of likely N-dealkylation sites (tertiary alicyclic amines) is 1. The molecule has 4 N–H and O–H groups in total. The van der Waals surface area contributed by atoms with Crippen LogP contribution in [-0.2, 0) is 4.74 Å². The number of carbonyl (C=O) groups is 1. The molecule has 9 heteroatoms. The van der Waals surface area contributed by atoms with Crippen LogP contribution in [0, 0.1) is 0 Å². The molecule has 1 aliphatic heterocycles. The molecular formula is C18H29ClIN5O2. The lowest BCUT2D eigenvalue weighted by molar-refractivity contribution is 0.111. The third kappa shape index (κ3) is 7.71. The van der Waals surface area contributed by atoms with Gasteiger partial charge in [-0.25, -0.2) is 4.79 Å². The first-order valence-corrected chi connectivity index (χ1v) is 9.28. The van der Waals surface area contributed by atoms with Crippen molar-refractivity contribution in [2.45, 2.75) is 31.9 Å². The first-order chi connectivity index (χ1) is 12.5. The highest BCUT2D eigenvalue weighted by molar-refractivity contribution is 14.0. The van der Waals surface area contributed by atoms with Gasteiger partial charge in [-0.3, -0.25) is 4.99 Å². The third-order valence-corrected chi connectivity index (χ3v) is 4.65. The van der Waals surface area contributed by atoms with E-state index in [2.05, 4.69) is 15.6 Å². The van der Waals surface area contributed by atoms with Crippen molar-refractivity contribution in [3.8, 4) is 0 Å². The number of nitrogens with two attached hydrogens (primary N) is 1. The van der Waals surface area contributed by atoms with Crippen molar-refractivity contribution in [2.24, 2.45) is 10.7 Å². The molecule has 2 amide bonds. The number of amides is 2. The van der Waals surface area contributed by atoms with Crippen LogP contribution in [0.25, 0.3) is 0 Å². The lowest BCUT2D eigenvalue weighted by Crippen LogP contribution is -2.50. The van der Waals surface area contributed by atoms with Crippen LogP contribution in [0.4, 0.5) is 4.79 Å². The highest BCUT2D eigenvalue weighted by atomic mass is 127. The Morgan fingerprint density at radius 2 is 2.15 bits per heavy atom. The summed E-state index contributed by atoms with van der Waals surface area (Å²) in [5.41, 5.74) is 6.33. The minimum Gasteiger partial charge on any atom is -0.375 e. The van der Waals surface area contributed by atoms with Crippen molar-refractivity contribution in [3.05, 3.63) is 34.9 Å². The fourth-order valence-electron chi connectivity index (χ4n) is 2.95. The van der Waals surface area contributed by atoms with Crippen LogP contribution in [-0.4, -0.2) is 56.2 Å².